The van der Waals surface area contributed by atoms with E-state index in [-0.39, 0.29) is 30.0 Å². The first kappa shape index (κ1) is 12.5. The molecule has 0 heterocycles. The van der Waals surface area contributed by atoms with Crippen LogP contribution in [0.1, 0.15) is 20.3 Å². The first-order valence-corrected chi connectivity index (χ1v) is 5.34. The highest BCUT2D eigenvalue weighted by Gasteiger charge is 2.13. The SMILES string of the molecule is CC(C)C(N)CC(=O)Nc1ccccc1O. The van der Waals surface area contributed by atoms with Crippen molar-refractivity contribution in [3.05, 3.63) is 24.3 Å². The van der Waals surface area contributed by atoms with Gasteiger partial charge in [-0.05, 0) is 18.1 Å². The molecule has 0 bridgehead atoms. The van der Waals surface area contributed by atoms with E-state index in [9.17, 15) is 9.90 Å². The highest BCUT2D eigenvalue weighted by molar-refractivity contribution is 5.92. The summed E-state index contributed by atoms with van der Waals surface area (Å²) in [5, 5.41) is 12.1. The van der Waals surface area contributed by atoms with E-state index < -0.39 is 0 Å². The minimum atomic E-state index is -0.178. The van der Waals surface area contributed by atoms with Gasteiger partial charge in [-0.3, -0.25) is 4.79 Å². The lowest BCUT2D eigenvalue weighted by Gasteiger charge is -2.15. The number of benzene rings is 1. The van der Waals surface area contributed by atoms with Crippen molar-refractivity contribution in [2.24, 2.45) is 11.7 Å². The van der Waals surface area contributed by atoms with Gasteiger partial charge in [0.05, 0.1) is 5.69 Å². The van der Waals surface area contributed by atoms with Gasteiger partial charge in [-0.2, -0.15) is 0 Å². The highest BCUT2D eigenvalue weighted by Crippen LogP contribution is 2.21. The highest BCUT2D eigenvalue weighted by atomic mass is 16.3. The Hall–Kier alpha value is -1.55. The molecule has 1 rings (SSSR count). The van der Waals surface area contributed by atoms with Crippen LogP contribution in [-0.4, -0.2) is 17.1 Å². The van der Waals surface area contributed by atoms with Gasteiger partial charge in [0.15, 0.2) is 0 Å². The predicted octanol–water partition coefficient (Wildman–Crippen LogP) is 1.70. The molecule has 88 valence electrons. The van der Waals surface area contributed by atoms with Crippen LogP contribution in [0.25, 0.3) is 0 Å². The molecule has 1 atom stereocenters. The minimum Gasteiger partial charge on any atom is -0.506 e. The van der Waals surface area contributed by atoms with E-state index in [2.05, 4.69) is 5.32 Å². The molecular weight excluding hydrogens is 204 g/mol. The Bertz CT molecular complexity index is 364. The first-order chi connectivity index (χ1) is 7.50. The smallest absolute Gasteiger partial charge is 0.226 e. The maximum atomic E-state index is 11.6. The number of carbonyl (C=O) groups is 1. The lowest BCUT2D eigenvalue weighted by Crippen LogP contribution is -2.31. The summed E-state index contributed by atoms with van der Waals surface area (Å²) in [6.07, 6.45) is 0.256. The van der Waals surface area contributed by atoms with Gasteiger partial charge in [0.2, 0.25) is 5.91 Å². The Morgan fingerprint density at radius 1 is 1.44 bits per heavy atom. The van der Waals surface area contributed by atoms with Crippen molar-refractivity contribution >= 4 is 11.6 Å². The normalized spacial score (nSPS) is 12.5. The van der Waals surface area contributed by atoms with Crippen LogP contribution in [0.15, 0.2) is 24.3 Å². The number of hydrogen-bond donors (Lipinski definition) is 3. The Morgan fingerprint density at radius 3 is 2.62 bits per heavy atom. The second kappa shape index (κ2) is 5.51. The zero-order valence-electron chi connectivity index (χ0n) is 9.60. The number of nitrogens with one attached hydrogen (secondary N) is 1. The summed E-state index contributed by atoms with van der Waals surface area (Å²) in [6, 6.07) is 6.46. The lowest BCUT2D eigenvalue weighted by atomic mass is 10.0. The molecule has 1 aromatic rings. The van der Waals surface area contributed by atoms with Crippen LogP contribution in [0.4, 0.5) is 5.69 Å². The molecule has 0 saturated carbocycles. The van der Waals surface area contributed by atoms with Crippen molar-refractivity contribution in [1.82, 2.24) is 0 Å². The van der Waals surface area contributed by atoms with E-state index in [1.165, 1.54) is 6.07 Å². The van der Waals surface area contributed by atoms with Crippen LogP contribution in [0, 0.1) is 5.92 Å². The van der Waals surface area contributed by atoms with Crippen LogP contribution >= 0.6 is 0 Å². The number of para-hydroxylation sites is 2. The molecule has 1 amide bonds. The molecule has 0 aliphatic carbocycles. The third kappa shape index (κ3) is 3.55. The van der Waals surface area contributed by atoms with Crippen LogP contribution in [0.3, 0.4) is 0 Å². The first-order valence-electron chi connectivity index (χ1n) is 5.34. The fourth-order valence-corrected chi connectivity index (χ4v) is 1.23. The number of phenols is 1. The zero-order valence-corrected chi connectivity index (χ0v) is 9.60. The molecule has 0 saturated heterocycles. The van der Waals surface area contributed by atoms with Crippen molar-refractivity contribution in [2.75, 3.05) is 5.32 Å². The number of hydrogen-bond acceptors (Lipinski definition) is 3. The number of aromatic hydroxyl groups is 1. The van der Waals surface area contributed by atoms with Crippen LogP contribution in [0.2, 0.25) is 0 Å². The molecule has 0 aromatic heterocycles. The fourth-order valence-electron chi connectivity index (χ4n) is 1.23. The zero-order chi connectivity index (χ0) is 12.1. The third-order valence-corrected chi connectivity index (χ3v) is 2.46. The molecule has 4 N–H and O–H groups in total. The molecule has 4 nitrogen and oxygen atoms in total. The molecule has 4 heteroatoms. The molecule has 0 aliphatic rings. The Morgan fingerprint density at radius 2 is 2.06 bits per heavy atom. The molecule has 0 radical (unpaired) electrons. The average molecular weight is 222 g/mol. The summed E-state index contributed by atoms with van der Waals surface area (Å²) in [4.78, 5) is 11.6. The van der Waals surface area contributed by atoms with Crippen molar-refractivity contribution in [1.29, 1.82) is 0 Å². The third-order valence-electron chi connectivity index (χ3n) is 2.46. The second-order valence-corrected chi connectivity index (χ2v) is 4.18. The Labute approximate surface area is 95.5 Å². The van der Waals surface area contributed by atoms with Crippen molar-refractivity contribution < 1.29 is 9.90 Å². The predicted molar refractivity (Wildman–Crippen MR) is 64.2 cm³/mol. The Balaban J connectivity index is 2.55. The number of phenolic OH excluding ortho intramolecular Hbond substituents is 1. The number of nitrogens with two attached hydrogens (primary N) is 1. The molecule has 1 aromatic carbocycles. The van der Waals surface area contributed by atoms with Crippen molar-refractivity contribution in [3.63, 3.8) is 0 Å². The fraction of sp³-hybridized carbons (Fsp3) is 0.417. The maximum absolute atomic E-state index is 11.6. The Kier molecular flexibility index (Phi) is 4.31. The van der Waals surface area contributed by atoms with Crippen LogP contribution in [-0.2, 0) is 4.79 Å². The summed E-state index contributed by atoms with van der Waals surface area (Å²) in [7, 11) is 0. The van der Waals surface area contributed by atoms with Crippen molar-refractivity contribution in [3.8, 4) is 5.75 Å². The summed E-state index contributed by atoms with van der Waals surface area (Å²) >= 11 is 0. The van der Waals surface area contributed by atoms with Gasteiger partial charge in [0.1, 0.15) is 5.75 Å². The molecule has 0 spiro atoms. The second-order valence-electron chi connectivity index (χ2n) is 4.18. The van der Waals surface area contributed by atoms with E-state index >= 15 is 0 Å². The van der Waals surface area contributed by atoms with Gasteiger partial charge < -0.3 is 16.2 Å². The molecule has 0 aliphatic heterocycles. The van der Waals surface area contributed by atoms with Gasteiger partial charge in [0.25, 0.3) is 0 Å². The quantitative estimate of drug-likeness (QED) is 0.679. The molecule has 0 fully saturated rings. The lowest BCUT2D eigenvalue weighted by molar-refractivity contribution is -0.116. The van der Waals surface area contributed by atoms with E-state index in [0.717, 1.165) is 0 Å². The number of rotatable bonds is 4. The topological polar surface area (TPSA) is 75.4 Å². The monoisotopic (exact) mass is 222 g/mol. The van der Waals surface area contributed by atoms with E-state index in [1.807, 2.05) is 13.8 Å². The molecule has 16 heavy (non-hydrogen) atoms. The number of amides is 1. The van der Waals surface area contributed by atoms with Gasteiger partial charge in [0, 0.05) is 12.5 Å². The number of anilines is 1. The summed E-state index contributed by atoms with van der Waals surface area (Å²) in [5.74, 6) is 0.145. The van der Waals surface area contributed by atoms with Gasteiger partial charge >= 0.3 is 0 Å². The summed E-state index contributed by atoms with van der Waals surface area (Å²) in [5.41, 5.74) is 6.21. The summed E-state index contributed by atoms with van der Waals surface area (Å²) in [6.45, 7) is 3.94. The average Bonchev–Trinajstić information content (AvgIpc) is 2.21. The van der Waals surface area contributed by atoms with E-state index in [1.54, 1.807) is 18.2 Å². The van der Waals surface area contributed by atoms with Crippen molar-refractivity contribution in [2.45, 2.75) is 26.3 Å². The van der Waals surface area contributed by atoms with E-state index in [4.69, 9.17) is 5.73 Å². The van der Waals surface area contributed by atoms with Crippen LogP contribution < -0.4 is 11.1 Å². The van der Waals surface area contributed by atoms with Gasteiger partial charge in [-0.1, -0.05) is 26.0 Å². The van der Waals surface area contributed by atoms with Gasteiger partial charge in [-0.15, -0.1) is 0 Å². The van der Waals surface area contributed by atoms with Gasteiger partial charge in [-0.25, -0.2) is 0 Å². The maximum Gasteiger partial charge on any atom is 0.226 e. The molecular formula is C12H18N2O2. The molecule has 1 unspecified atom stereocenters. The summed E-state index contributed by atoms with van der Waals surface area (Å²) < 4.78 is 0. The van der Waals surface area contributed by atoms with E-state index in [0.29, 0.717) is 5.69 Å². The minimum absolute atomic E-state index is 0.0639. The standard InChI is InChI=1S/C12H18N2O2/c1-8(2)9(13)7-12(16)14-10-5-3-4-6-11(10)15/h3-6,8-9,15H,7,13H2,1-2H3,(H,14,16). The number of carbonyl (C=O) groups excluding carboxylic acids is 1. The van der Waals surface area contributed by atoms with Crippen LogP contribution in [0.5, 0.6) is 5.75 Å². The largest absolute Gasteiger partial charge is 0.506 e.